The molecule has 158 valence electrons. The molecule has 0 N–H and O–H groups in total. The lowest BCUT2D eigenvalue weighted by molar-refractivity contribution is 0.452. The van der Waals surface area contributed by atoms with E-state index in [0.29, 0.717) is 29.8 Å². The Morgan fingerprint density at radius 3 is 2.40 bits per heavy atom. The number of hydrogen-bond acceptors (Lipinski definition) is 6. The first-order valence-corrected chi connectivity index (χ1v) is 11.8. The van der Waals surface area contributed by atoms with Crippen molar-refractivity contribution in [1.82, 2.24) is 24.1 Å². The van der Waals surface area contributed by atoms with Crippen LogP contribution in [-0.4, -0.2) is 58.7 Å². The number of aromatic nitrogens is 4. The van der Waals surface area contributed by atoms with E-state index < -0.39 is 10.0 Å². The quantitative estimate of drug-likeness (QED) is 0.635. The summed E-state index contributed by atoms with van der Waals surface area (Å²) in [4.78, 5) is 2.69. The minimum atomic E-state index is -3.46. The highest BCUT2D eigenvalue weighted by Gasteiger charge is 2.45. The van der Waals surface area contributed by atoms with Gasteiger partial charge in [-0.1, -0.05) is 24.6 Å². The summed E-state index contributed by atoms with van der Waals surface area (Å²) < 4.78 is 29.9. The highest BCUT2D eigenvalue weighted by molar-refractivity contribution is 7.89. The summed E-state index contributed by atoms with van der Waals surface area (Å²) in [6, 6.07) is 9.47. The molecule has 3 aromatic rings. The summed E-state index contributed by atoms with van der Waals surface area (Å²) in [5.74, 6) is 2.37. The van der Waals surface area contributed by atoms with Gasteiger partial charge in [0.05, 0.1) is 4.90 Å². The maximum atomic E-state index is 13.2. The van der Waals surface area contributed by atoms with Gasteiger partial charge >= 0.3 is 0 Å². The van der Waals surface area contributed by atoms with Crippen LogP contribution in [0.15, 0.2) is 35.2 Å². The number of fused-ring (bicyclic) bond motifs is 2. The van der Waals surface area contributed by atoms with Crippen molar-refractivity contribution in [3.8, 4) is 0 Å². The molecule has 2 aromatic heterocycles. The zero-order chi connectivity index (χ0) is 21.0. The van der Waals surface area contributed by atoms with E-state index in [-0.39, 0.29) is 0 Å². The average molecular weight is 427 g/mol. The van der Waals surface area contributed by atoms with Crippen LogP contribution in [0.3, 0.4) is 0 Å². The molecule has 8 nitrogen and oxygen atoms in total. The second-order valence-electron chi connectivity index (χ2n) is 8.45. The van der Waals surface area contributed by atoms with Gasteiger partial charge in [0, 0.05) is 32.6 Å². The summed E-state index contributed by atoms with van der Waals surface area (Å²) >= 11 is 0. The SMILES string of the molecule is CCc1nnc2ccc(N3CC4CN(S(=O)(=O)c5ccc(C)cc5C)CC4C3)nn12. The van der Waals surface area contributed by atoms with Gasteiger partial charge in [-0.15, -0.1) is 15.3 Å². The number of nitrogens with zero attached hydrogens (tertiary/aromatic N) is 6. The van der Waals surface area contributed by atoms with Crippen LogP contribution >= 0.6 is 0 Å². The maximum Gasteiger partial charge on any atom is 0.243 e. The molecule has 0 bridgehead atoms. The highest BCUT2D eigenvalue weighted by Crippen LogP contribution is 2.36. The second-order valence-corrected chi connectivity index (χ2v) is 10.4. The van der Waals surface area contributed by atoms with Gasteiger partial charge in [-0.25, -0.2) is 8.42 Å². The molecular formula is C21H26N6O2S. The van der Waals surface area contributed by atoms with Crippen molar-refractivity contribution < 1.29 is 8.42 Å². The Labute approximate surface area is 176 Å². The average Bonchev–Trinajstić information content (AvgIpc) is 3.39. The normalized spacial score (nSPS) is 22.2. The predicted molar refractivity (Wildman–Crippen MR) is 114 cm³/mol. The zero-order valence-electron chi connectivity index (χ0n) is 17.5. The van der Waals surface area contributed by atoms with Gasteiger partial charge in [0.2, 0.25) is 10.0 Å². The van der Waals surface area contributed by atoms with Gasteiger partial charge < -0.3 is 4.90 Å². The fraction of sp³-hybridized carbons (Fsp3) is 0.476. The van der Waals surface area contributed by atoms with Gasteiger partial charge in [-0.2, -0.15) is 8.82 Å². The van der Waals surface area contributed by atoms with Crippen molar-refractivity contribution in [3.63, 3.8) is 0 Å². The molecule has 5 rings (SSSR count). The van der Waals surface area contributed by atoms with Gasteiger partial charge in [0.25, 0.3) is 0 Å². The molecule has 30 heavy (non-hydrogen) atoms. The largest absolute Gasteiger partial charge is 0.355 e. The third kappa shape index (κ3) is 3.07. The van der Waals surface area contributed by atoms with Crippen LogP contribution < -0.4 is 4.90 Å². The molecule has 2 aliphatic heterocycles. The third-order valence-corrected chi connectivity index (χ3v) is 8.35. The van der Waals surface area contributed by atoms with E-state index >= 15 is 0 Å². The Bertz CT molecular complexity index is 1210. The van der Waals surface area contributed by atoms with Gasteiger partial charge in [-0.3, -0.25) is 0 Å². The van der Waals surface area contributed by atoms with E-state index in [9.17, 15) is 8.42 Å². The molecule has 0 aliphatic carbocycles. The van der Waals surface area contributed by atoms with Crippen molar-refractivity contribution >= 4 is 21.5 Å². The van der Waals surface area contributed by atoms with Crippen LogP contribution in [0.25, 0.3) is 5.65 Å². The summed E-state index contributed by atoms with van der Waals surface area (Å²) in [6.07, 6.45) is 0.772. The van der Waals surface area contributed by atoms with Crippen LogP contribution in [0.1, 0.15) is 23.9 Å². The molecule has 0 amide bonds. The van der Waals surface area contributed by atoms with Gasteiger partial charge in [-0.05, 0) is 49.4 Å². The minimum Gasteiger partial charge on any atom is -0.355 e. The lowest BCUT2D eigenvalue weighted by Crippen LogP contribution is -2.34. The molecule has 0 saturated carbocycles. The Morgan fingerprint density at radius 1 is 1.00 bits per heavy atom. The molecule has 0 radical (unpaired) electrons. The first kappa shape index (κ1) is 19.4. The van der Waals surface area contributed by atoms with E-state index in [1.165, 1.54) is 0 Å². The second kappa shape index (κ2) is 7.02. The smallest absolute Gasteiger partial charge is 0.243 e. The molecule has 2 aliphatic rings. The monoisotopic (exact) mass is 426 g/mol. The van der Waals surface area contributed by atoms with E-state index in [1.54, 1.807) is 14.9 Å². The maximum absolute atomic E-state index is 13.2. The van der Waals surface area contributed by atoms with E-state index in [1.807, 2.05) is 45.0 Å². The molecule has 9 heteroatoms. The predicted octanol–water partition coefficient (Wildman–Crippen LogP) is 2.06. The Hall–Kier alpha value is -2.52. The van der Waals surface area contributed by atoms with Crippen LogP contribution in [0.5, 0.6) is 0 Å². The zero-order valence-corrected chi connectivity index (χ0v) is 18.3. The number of benzene rings is 1. The Kier molecular flexibility index (Phi) is 4.55. The third-order valence-electron chi connectivity index (χ3n) is 6.35. The van der Waals surface area contributed by atoms with Crippen LogP contribution in [0.4, 0.5) is 5.82 Å². The molecule has 1 aromatic carbocycles. The lowest BCUT2D eigenvalue weighted by Gasteiger charge is -2.23. The Balaban J connectivity index is 1.34. The topological polar surface area (TPSA) is 83.7 Å². The number of anilines is 1. The van der Waals surface area contributed by atoms with Crippen molar-refractivity contribution in [2.24, 2.45) is 11.8 Å². The number of aryl methyl sites for hydroxylation is 3. The van der Waals surface area contributed by atoms with Crippen molar-refractivity contribution in [3.05, 3.63) is 47.3 Å². The molecule has 2 fully saturated rings. The molecule has 2 saturated heterocycles. The van der Waals surface area contributed by atoms with Crippen LogP contribution in [-0.2, 0) is 16.4 Å². The molecule has 2 atom stereocenters. The van der Waals surface area contributed by atoms with Crippen LogP contribution in [0, 0.1) is 25.7 Å². The van der Waals surface area contributed by atoms with E-state index in [2.05, 4.69) is 15.1 Å². The fourth-order valence-electron chi connectivity index (χ4n) is 4.77. The minimum absolute atomic E-state index is 0.314. The van der Waals surface area contributed by atoms with E-state index in [4.69, 9.17) is 5.10 Å². The summed E-state index contributed by atoms with van der Waals surface area (Å²) in [5, 5.41) is 13.1. The fourth-order valence-corrected chi connectivity index (χ4v) is 6.53. The first-order valence-electron chi connectivity index (χ1n) is 10.4. The Morgan fingerprint density at radius 2 is 1.73 bits per heavy atom. The van der Waals surface area contributed by atoms with E-state index in [0.717, 1.165) is 47.9 Å². The van der Waals surface area contributed by atoms with Crippen molar-refractivity contribution in [1.29, 1.82) is 0 Å². The summed E-state index contributed by atoms with van der Waals surface area (Å²) in [5.41, 5.74) is 2.64. The summed E-state index contributed by atoms with van der Waals surface area (Å²) in [7, 11) is -3.46. The van der Waals surface area contributed by atoms with Crippen LogP contribution in [0.2, 0.25) is 0 Å². The first-order chi connectivity index (χ1) is 14.4. The molecule has 2 unspecified atom stereocenters. The number of hydrogen-bond donors (Lipinski definition) is 0. The standard InChI is InChI=1S/C21H26N6O2S/c1-4-19-22-23-20-7-8-21(24-27(19)20)25-10-16-12-26(13-17(16)11-25)30(28,29)18-6-5-14(2)9-15(18)3/h5-9,16-17H,4,10-13H2,1-3H3. The van der Waals surface area contributed by atoms with Gasteiger partial charge in [0.15, 0.2) is 11.5 Å². The lowest BCUT2D eigenvalue weighted by atomic mass is 10.0. The summed E-state index contributed by atoms with van der Waals surface area (Å²) in [6.45, 7) is 8.63. The number of rotatable bonds is 4. The van der Waals surface area contributed by atoms with Crippen molar-refractivity contribution in [2.45, 2.75) is 32.1 Å². The van der Waals surface area contributed by atoms with Gasteiger partial charge in [0.1, 0.15) is 5.82 Å². The highest BCUT2D eigenvalue weighted by atomic mass is 32.2. The molecule has 0 spiro atoms. The number of sulfonamides is 1. The molecule has 4 heterocycles. The van der Waals surface area contributed by atoms with Crippen molar-refractivity contribution in [2.75, 3.05) is 31.1 Å². The molecular weight excluding hydrogens is 400 g/mol.